The molecule has 0 amide bonds. The van der Waals surface area contributed by atoms with Crippen molar-refractivity contribution in [2.45, 2.75) is 25.6 Å². The van der Waals surface area contributed by atoms with Gasteiger partial charge in [-0.1, -0.05) is 27.6 Å². The van der Waals surface area contributed by atoms with E-state index in [0.717, 1.165) is 15.6 Å². The highest BCUT2D eigenvalue weighted by Gasteiger charge is 2.29. The molecule has 2 aromatic rings. The fourth-order valence-electron chi connectivity index (χ4n) is 2.52. The van der Waals surface area contributed by atoms with Crippen molar-refractivity contribution in [3.8, 4) is 5.75 Å². The molecule has 1 aliphatic heterocycles. The van der Waals surface area contributed by atoms with Crippen molar-refractivity contribution in [1.82, 2.24) is 0 Å². The minimum absolute atomic E-state index is 0.298. The van der Waals surface area contributed by atoms with Gasteiger partial charge in [0.25, 0.3) is 0 Å². The Bertz CT molecular complexity index is 657. The van der Waals surface area contributed by atoms with E-state index in [1.165, 1.54) is 6.07 Å². The van der Waals surface area contributed by atoms with E-state index < -0.39 is 12.2 Å². The maximum absolute atomic E-state index is 14.0. The zero-order valence-corrected chi connectivity index (χ0v) is 12.5. The quantitative estimate of drug-likeness (QED) is 0.833. The van der Waals surface area contributed by atoms with Gasteiger partial charge < -0.3 is 9.84 Å². The van der Waals surface area contributed by atoms with Gasteiger partial charge in [-0.2, -0.15) is 0 Å². The molecule has 20 heavy (non-hydrogen) atoms. The van der Waals surface area contributed by atoms with E-state index in [-0.39, 0.29) is 5.82 Å². The van der Waals surface area contributed by atoms with E-state index in [2.05, 4.69) is 15.9 Å². The van der Waals surface area contributed by atoms with Crippen LogP contribution in [0, 0.1) is 12.7 Å². The molecule has 104 valence electrons. The number of hydrogen-bond donors (Lipinski definition) is 1. The molecule has 0 bridgehead atoms. The fraction of sp³-hybridized carbons (Fsp3) is 0.250. The summed E-state index contributed by atoms with van der Waals surface area (Å²) in [4.78, 5) is 0. The van der Waals surface area contributed by atoms with E-state index in [1.54, 1.807) is 18.2 Å². The number of benzene rings is 2. The molecule has 0 aliphatic carbocycles. The molecule has 3 rings (SSSR count). The van der Waals surface area contributed by atoms with Crippen molar-refractivity contribution in [1.29, 1.82) is 0 Å². The highest BCUT2D eigenvalue weighted by Crippen LogP contribution is 2.42. The minimum Gasteiger partial charge on any atom is -0.485 e. The van der Waals surface area contributed by atoms with Crippen molar-refractivity contribution in [3.05, 3.63) is 63.4 Å². The van der Waals surface area contributed by atoms with E-state index in [0.29, 0.717) is 17.7 Å². The van der Waals surface area contributed by atoms with Gasteiger partial charge in [0.15, 0.2) is 0 Å². The van der Waals surface area contributed by atoms with E-state index in [9.17, 15) is 9.50 Å². The molecule has 1 aliphatic rings. The first-order valence-corrected chi connectivity index (χ1v) is 7.24. The van der Waals surface area contributed by atoms with E-state index >= 15 is 0 Å². The van der Waals surface area contributed by atoms with Crippen molar-refractivity contribution >= 4 is 15.9 Å². The van der Waals surface area contributed by atoms with Crippen LogP contribution in [0.1, 0.15) is 35.3 Å². The highest BCUT2D eigenvalue weighted by molar-refractivity contribution is 9.10. The molecule has 2 aromatic carbocycles. The maximum atomic E-state index is 14.0. The smallest absolute Gasteiger partial charge is 0.130 e. The molecular formula is C16H14BrFO2. The van der Waals surface area contributed by atoms with Gasteiger partial charge in [0, 0.05) is 22.0 Å². The minimum atomic E-state index is -0.652. The van der Waals surface area contributed by atoms with Crippen molar-refractivity contribution in [3.63, 3.8) is 0 Å². The van der Waals surface area contributed by atoms with Crippen LogP contribution in [0.3, 0.4) is 0 Å². The third kappa shape index (κ3) is 2.45. The average Bonchev–Trinajstić information content (AvgIpc) is 2.42. The second-order valence-corrected chi connectivity index (χ2v) is 5.98. The molecule has 1 heterocycles. The van der Waals surface area contributed by atoms with E-state index in [1.807, 2.05) is 19.1 Å². The lowest BCUT2D eigenvalue weighted by Gasteiger charge is -2.30. The molecule has 0 spiro atoms. The Labute approximate surface area is 125 Å². The topological polar surface area (TPSA) is 29.5 Å². The van der Waals surface area contributed by atoms with Crippen LogP contribution in [-0.2, 0) is 0 Å². The number of halogens is 2. The summed E-state index contributed by atoms with van der Waals surface area (Å²) >= 11 is 3.37. The number of rotatable bonds is 1. The number of fused-ring (bicyclic) bond motifs is 1. The Balaban J connectivity index is 1.99. The molecule has 0 saturated carbocycles. The monoisotopic (exact) mass is 336 g/mol. The van der Waals surface area contributed by atoms with Gasteiger partial charge >= 0.3 is 0 Å². The van der Waals surface area contributed by atoms with Gasteiger partial charge in [-0.3, -0.25) is 0 Å². The number of hydrogen-bond acceptors (Lipinski definition) is 2. The zero-order valence-electron chi connectivity index (χ0n) is 10.9. The molecule has 0 radical (unpaired) electrons. The number of ether oxygens (including phenoxy) is 1. The second kappa shape index (κ2) is 5.19. The van der Waals surface area contributed by atoms with Gasteiger partial charge in [0.1, 0.15) is 17.7 Å². The summed E-state index contributed by atoms with van der Waals surface area (Å²) in [7, 11) is 0. The lowest BCUT2D eigenvalue weighted by molar-refractivity contribution is 0.0639. The van der Waals surface area contributed by atoms with Crippen molar-refractivity contribution in [2.75, 3.05) is 0 Å². The van der Waals surface area contributed by atoms with Gasteiger partial charge in [-0.05, 0) is 37.3 Å². The number of aryl methyl sites for hydroxylation is 1. The Morgan fingerprint density at radius 1 is 1.20 bits per heavy atom. The third-order valence-electron chi connectivity index (χ3n) is 3.54. The van der Waals surface area contributed by atoms with Crippen molar-refractivity contribution < 1.29 is 14.2 Å². The molecule has 4 heteroatoms. The first-order chi connectivity index (χ1) is 9.54. The normalized spacial score (nSPS) is 21.2. The molecule has 2 atom stereocenters. The Morgan fingerprint density at radius 3 is 2.80 bits per heavy atom. The molecule has 0 saturated heterocycles. The Morgan fingerprint density at radius 2 is 2.00 bits per heavy atom. The van der Waals surface area contributed by atoms with Gasteiger partial charge in [-0.15, -0.1) is 0 Å². The second-order valence-electron chi connectivity index (χ2n) is 5.07. The van der Waals surface area contributed by atoms with Crippen LogP contribution in [-0.4, -0.2) is 5.11 Å². The summed E-state index contributed by atoms with van der Waals surface area (Å²) in [6.45, 7) is 1.91. The standard InChI is InChI=1S/C16H14BrFO2/c1-9-2-4-13(18)11(6-9)16-8-14(19)12-7-10(17)3-5-15(12)20-16/h2-7,14,16,19H,8H2,1H3/t14-,16?/m1/s1. The van der Waals surface area contributed by atoms with Crippen LogP contribution in [0.4, 0.5) is 4.39 Å². The van der Waals surface area contributed by atoms with Gasteiger partial charge in [0.2, 0.25) is 0 Å². The summed E-state index contributed by atoms with van der Waals surface area (Å²) in [6, 6.07) is 10.4. The average molecular weight is 337 g/mol. The highest BCUT2D eigenvalue weighted by atomic mass is 79.9. The van der Waals surface area contributed by atoms with Crippen molar-refractivity contribution in [2.24, 2.45) is 0 Å². The SMILES string of the molecule is Cc1ccc(F)c(C2C[C@@H](O)c3cc(Br)ccc3O2)c1. The third-order valence-corrected chi connectivity index (χ3v) is 4.03. The molecule has 2 nitrogen and oxygen atoms in total. The van der Waals surface area contributed by atoms with Crippen LogP contribution in [0.5, 0.6) is 5.75 Å². The summed E-state index contributed by atoms with van der Waals surface area (Å²) in [6.07, 6.45) is -0.760. The lowest BCUT2D eigenvalue weighted by Crippen LogP contribution is -2.20. The molecular weight excluding hydrogens is 323 g/mol. The molecule has 1 unspecified atom stereocenters. The predicted octanol–water partition coefficient (Wildman–Crippen LogP) is 4.45. The first kappa shape index (κ1) is 13.6. The lowest BCUT2D eigenvalue weighted by atomic mass is 9.94. The maximum Gasteiger partial charge on any atom is 0.130 e. The van der Waals surface area contributed by atoms with Crippen LogP contribution in [0.25, 0.3) is 0 Å². The molecule has 1 N–H and O–H groups in total. The summed E-state index contributed by atoms with van der Waals surface area (Å²) in [5.41, 5.74) is 2.21. The summed E-state index contributed by atoms with van der Waals surface area (Å²) < 4.78 is 20.7. The largest absolute Gasteiger partial charge is 0.485 e. The summed E-state index contributed by atoms with van der Waals surface area (Å²) in [5, 5.41) is 10.3. The number of aliphatic hydroxyl groups excluding tert-OH is 1. The van der Waals surface area contributed by atoms with Crippen LogP contribution in [0.15, 0.2) is 40.9 Å². The molecule has 0 fully saturated rings. The van der Waals surface area contributed by atoms with E-state index in [4.69, 9.17) is 4.74 Å². The Kier molecular flexibility index (Phi) is 3.52. The predicted molar refractivity (Wildman–Crippen MR) is 78.2 cm³/mol. The first-order valence-electron chi connectivity index (χ1n) is 6.45. The van der Waals surface area contributed by atoms with Crippen LogP contribution in [0.2, 0.25) is 0 Å². The van der Waals surface area contributed by atoms with Crippen LogP contribution < -0.4 is 4.74 Å². The summed E-state index contributed by atoms with van der Waals surface area (Å²) in [5.74, 6) is 0.311. The Hall–Kier alpha value is -1.39. The van der Waals surface area contributed by atoms with Crippen LogP contribution >= 0.6 is 15.9 Å². The van der Waals surface area contributed by atoms with Gasteiger partial charge in [-0.25, -0.2) is 4.39 Å². The molecule has 0 aromatic heterocycles. The number of aliphatic hydroxyl groups is 1. The fourth-order valence-corrected chi connectivity index (χ4v) is 2.90. The zero-order chi connectivity index (χ0) is 14.3. The van der Waals surface area contributed by atoms with Gasteiger partial charge in [0.05, 0.1) is 6.10 Å².